The maximum Gasteiger partial charge on any atom is 0.293 e. The monoisotopic (exact) mass is 447 g/mol. The Morgan fingerprint density at radius 1 is 1.03 bits per heavy atom. The Morgan fingerprint density at radius 2 is 1.75 bits per heavy atom. The highest BCUT2D eigenvalue weighted by Gasteiger charge is 2.35. The van der Waals surface area contributed by atoms with E-state index in [0.29, 0.717) is 4.91 Å². The van der Waals surface area contributed by atoms with E-state index in [1.54, 1.807) is 18.2 Å². The zero-order valence-corrected chi connectivity index (χ0v) is 18.7. The molecule has 162 valence electrons. The number of aromatic nitrogens is 1. The van der Waals surface area contributed by atoms with Crippen LogP contribution in [0.3, 0.4) is 0 Å². The number of carbonyl (C=O) groups excluding carboxylic acids is 2. The minimum Gasteiger partial charge on any atom is -0.318 e. The van der Waals surface area contributed by atoms with Crippen LogP contribution in [-0.4, -0.2) is 25.5 Å². The van der Waals surface area contributed by atoms with Crippen molar-refractivity contribution in [2.24, 2.45) is 0 Å². The Hall–Kier alpha value is -3.65. The lowest BCUT2D eigenvalue weighted by molar-refractivity contribution is -0.384. The fourth-order valence-corrected chi connectivity index (χ4v) is 4.68. The Kier molecular flexibility index (Phi) is 5.71. The minimum atomic E-state index is -0.414. The Bertz CT molecular complexity index is 1280. The van der Waals surface area contributed by atoms with Crippen LogP contribution < -0.4 is 0 Å². The van der Waals surface area contributed by atoms with Gasteiger partial charge in [-0.2, -0.15) is 0 Å². The summed E-state index contributed by atoms with van der Waals surface area (Å²) in [6.45, 7) is 5.93. The van der Waals surface area contributed by atoms with Crippen LogP contribution in [0.1, 0.15) is 28.1 Å². The predicted molar refractivity (Wildman–Crippen MR) is 125 cm³/mol. The summed E-state index contributed by atoms with van der Waals surface area (Å²) >= 11 is 0.938. The molecule has 1 aromatic heterocycles. The van der Waals surface area contributed by atoms with Crippen LogP contribution >= 0.6 is 11.8 Å². The maximum atomic E-state index is 12.9. The van der Waals surface area contributed by atoms with Crippen LogP contribution in [0, 0.1) is 30.9 Å². The fourth-order valence-electron chi connectivity index (χ4n) is 3.85. The molecule has 8 heteroatoms. The number of hydrogen-bond acceptors (Lipinski definition) is 5. The van der Waals surface area contributed by atoms with Gasteiger partial charge in [-0.15, -0.1) is 0 Å². The SMILES string of the molecule is Cc1cc([N+](=O)[O-])ccc1-n1c(C)cc(/C=C2\SC(=O)N(Cc3ccccc3)C2=O)c1C. The summed E-state index contributed by atoms with van der Waals surface area (Å²) in [4.78, 5) is 37.6. The van der Waals surface area contributed by atoms with Crippen molar-refractivity contribution in [3.8, 4) is 5.69 Å². The van der Waals surface area contributed by atoms with Gasteiger partial charge in [0.15, 0.2) is 0 Å². The number of aryl methyl sites for hydroxylation is 2. The molecule has 2 heterocycles. The first kappa shape index (κ1) is 21.6. The van der Waals surface area contributed by atoms with E-state index in [4.69, 9.17) is 0 Å². The van der Waals surface area contributed by atoms with Crippen LogP contribution in [0.5, 0.6) is 0 Å². The summed E-state index contributed by atoms with van der Waals surface area (Å²) in [5.74, 6) is -0.305. The molecule has 1 saturated heterocycles. The third-order valence-corrected chi connectivity index (χ3v) is 6.35. The van der Waals surface area contributed by atoms with E-state index in [1.807, 2.05) is 61.7 Å². The third kappa shape index (κ3) is 3.97. The maximum absolute atomic E-state index is 12.9. The Labute approximate surface area is 189 Å². The first-order valence-corrected chi connectivity index (χ1v) is 10.8. The van der Waals surface area contributed by atoms with E-state index in [9.17, 15) is 19.7 Å². The van der Waals surface area contributed by atoms with Gasteiger partial charge in [0, 0.05) is 29.2 Å². The number of rotatable bonds is 5. The van der Waals surface area contributed by atoms with E-state index in [0.717, 1.165) is 45.5 Å². The number of thioether (sulfide) groups is 1. The van der Waals surface area contributed by atoms with Crippen molar-refractivity contribution in [2.75, 3.05) is 0 Å². The molecule has 0 spiro atoms. The number of benzene rings is 2. The van der Waals surface area contributed by atoms with Crippen molar-refractivity contribution >= 4 is 34.7 Å². The molecule has 0 N–H and O–H groups in total. The van der Waals surface area contributed by atoms with Crippen LogP contribution in [0.2, 0.25) is 0 Å². The molecular formula is C24H21N3O4S. The molecule has 0 radical (unpaired) electrons. The van der Waals surface area contributed by atoms with Gasteiger partial charge in [0.05, 0.1) is 16.4 Å². The van der Waals surface area contributed by atoms with Crippen molar-refractivity contribution in [1.82, 2.24) is 9.47 Å². The van der Waals surface area contributed by atoms with Crippen molar-refractivity contribution in [3.05, 3.63) is 97.7 Å². The van der Waals surface area contributed by atoms with Gasteiger partial charge in [-0.3, -0.25) is 24.6 Å². The number of non-ortho nitro benzene ring substituents is 1. The summed E-state index contributed by atoms with van der Waals surface area (Å²) in [5, 5.41) is 10.8. The van der Waals surface area contributed by atoms with E-state index < -0.39 is 4.92 Å². The standard InChI is InChI=1S/C24H21N3O4S/c1-15-11-20(27(30)31)9-10-21(15)26-16(2)12-19(17(26)3)13-22-23(28)25(24(29)32-22)14-18-7-5-4-6-8-18/h4-13H,14H2,1-3H3/b22-13-. The second kappa shape index (κ2) is 8.47. The zero-order valence-electron chi connectivity index (χ0n) is 17.9. The van der Waals surface area contributed by atoms with Crippen LogP contribution in [0.25, 0.3) is 11.8 Å². The quantitative estimate of drug-likeness (QED) is 0.291. The zero-order chi connectivity index (χ0) is 23.0. The van der Waals surface area contributed by atoms with Gasteiger partial charge in [-0.25, -0.2) is 0 Å². The Balaban J connectivity index is 1.65. The van der Waals surface area contributed by atoms with Crippen LogP contribution in [-0.2, 0) is 11.3 Å². The molecule has 0 aliphatic carbocycles. The molecule has 1 aliphatic rings. The highest BCUT2D eigenvalue weighted by Crippen LogP contribution is 2.35. The van der Waals surface area contributed by atoms with Crippen molar-refractivity contribution in [3.63, 3.8) is 0 Å². The number of nitrogens with zero attached hydrogens (tertiary/aromatic N) is 3. The largest absolute Gasteiger partial charge is 0.318 e. The topological polar surface area (TPSA) is 85.4 Å². The summed E-state index contributed by atoms with van der Waals surface area (Å²) < 4.78 is 2.00. The average Bonchev–Trinajstić information content (AvgIpc) is 3.18. The first-order chi connectivity index (χ1) is 15.3. The number of imide groups is 1. The molecule has 0 saturated carbocycles. The van der Waals surface area contributed by atoms with Gasteiger partial charge >= 0.3 is 0 Å². The number of nitro groups is 1. The van der Waals surface area contributed by atoms with E-state index in [1.165, 1.54) is 11.0 Å². The lowest BCUT2D eigenvalue weighted by Gasteiger charge is -2.13. The van der Waals surface area contributed by atoms with Gasteiger partial charge in [0.2, 0.25) is 0 Å². The highest BCUT2D eigenvalue weighted by molar-refractivity contribution is 8.18. The van der Waals surface area contributed by atoms with Crippen molar-refractivity contribution in [1.29, 1.82) is 0 Å². The van der Waals surface area contributed by atoms with Crippen LogP contribution in [0.4, 0.5) is 10.5 Å². The van der Waals surface area contributed by atoms with E-state index >= 15 is 0 Å². The summed E-state index contributed by atoms with van der Waals surface area (Å²) in [6, 6.07) is 16.1. The second-order valence-electron chi connectivity index (χ2n) is 7.64. The smallest absolute Gasteiger partial charge is 0.293 e. The number of nitro benzene ring substituents is 1. The number of carbonyl (C=O) groups is 2. The molecule has 32 heavy (non-hydrogen) atoms. The highest BCUT2D eigenvalue weighted by atomic mass is 32.2. The number of amides is 2. The molecule has 0 unspecified atom stereocenters. The van der Waals surface area contributed by atoms with Gasteiger partial charge in [-0.1, -0.05) is 30.3 Å². The summed E-state index contributed by atoms with van der Waals surface area (Å²) in [5.41, 5.74) is 5.18. The average molecular weight is 448 g/mol. The molecule has 4 rings (SSSR count). The molecule has 1 fully saturated rings. The first-order valence-electron chi connectivity index (χ1n) is 10.00. The molecule has 3 aromatic rings. The molecule has 2 amide bonds. The molecule has 7 nitrogen and oxygen atoms in total. The van der Waals surface area contributed by atoms with Gasteiger partial charge in [0.1, 0.15) is 0 Å². The third-order valence-electron chi connectivity index (χ3n) is 5.45. The number of hydrogen-bond donors (Lipinski definition) is 0. The van der Waals surface area contributed by atoms with Crippen molar-refractivity contribution < 1.29 is 14.5 Å². The minimum absolute atomic E-state index is 0.0426. The predicted octanol–water partition coefficient (Wildman–Crippen LogP) is 5.55. The van der Waals surface area contributed by atoms with Gasteiger partial charge in [-0.05, 0) is 67.4 Å². The molecule has 0 atom stereocenters. The van der Waals surface area contributed by atoms with Gasteiger partial charge in [0.25, 0.3) is 16.8 Å². The molecule has 0 bridgehead atoms. The fraction of sp³-hybridized carbons (Fsp3) is 0.167. The molecular weight excluding hydrogens is 426 g/mol. The summed E-state index contributed by atoms with van der Waals surface area (Å²) in [7, 11) is 0. The Morgan fingerprint density at radius 3 is 2.41 bits per heavy atom. The molecule has 1 aliphatic heterocycles. The van der Waals surface area contributed by atoms with Crippen LogP contribution in [0.15, 0.2) is 59.5 Å². The summed E-state index contributed by atoms with van der Waals surface area (Å²) in [6.07, 6.45) is 1.75. The lowest BCUT2D eigenvalue weighted by Crippen LogP contribution is -2.27. The molecule has 2 aromatic carbocycles. The van der Waals surface area contributed by atoms with Gasteiger partial charge < -0.3 is 4.57 Å². The van der Waals surface area contributed by atoms with E-state index in [2.05, 4.69) is 0 Å². The van der Waals surface area contributed by atoms with E-state index in [-0.39, 0.29) is 23.4 Å². The normalized spacial score (nSPS) is 15.1. The lowest BCUT2D eigenvalue weighted by atomic mass is 10.1. The second-order valence-corrected chi connectivity index (χ2v) is 8.64. The van der Waals surface area contributed by atoms with Crippen molar-refractivity contribution in [2.45, 2.75) is 27.3 Å².